The molecule has 0 unspecified atom stereocenters. The predicted molar refractivity (Wildman–Crippen MR) is 61.6 cm³/mol. The van der Waals surface area contributed by atoms with Crippen molar-refractivity contribution in [2.75, 3.05) is 20.3 Å². The van der Waals surface area contributed by atoms with Gasteiger partial charge in [-0.15, -0.1) is 0 Å². The Balaban J connectivity index is 2.34. The first-order chi connectivity index (χ1) is 7.96. The molecule has 0 aromatic heterocycles. The van der Waals surface area contributed by atoms with E-state index in [4.69, 9.17) is 18.9 Å². The summed E-state index contributed by atoms with van der Waals surface area (Å²) in [6.07, 6.45) is 0.685. The summed E-state index contributed by atoms with van der Waals surface area (Å²) in [5, 5.41) is 0. The van der Waals surface area contributed by atoms with Crippen LogP contribution in [0.5, 0.6) is 0 Å². The molecule has 100 valence electrons. The summed E-state index contributed by atoms with van der Waals surface area (Å²) in [4.78, 5) is 11.3. The molecule has 1 fully saturated rings. The van der Waals surface area contributed by atoms with Gasteiger partial charge in [0.2, 0.25) is 0 Å². The second-order valence-corrected chi connectivity index (χ2v) is 4.55. The Morgan fingerprint density at radius 2 is 2.24 bits per heavy atom. The topological polar surface area (TPSA) is 54.0 Å². The van der Waals surface area contributed by atoms with Crippen molar-refractivity contribution in [2.24, 2.45) is 0 Å². The average Bonchev–Trinajstić information content (AvgIpc) is 2.57. The molecule has 0 aromatic rings. The van der Waals surface area contributed by atoms with Crippen molar-refractivity contribution in [3.8, 4) is 0 Å². The molecule has 2 atom stereocenters. The molecule has 0 bridgehead atoms. The molecule has 0 amide bonds. The maximum atomic E-state index is 11.3. The van der Waals surface area contributed by atoms with Gasteiger partial charge in [0.25, 0.3) is 0 Å². The van der Waals surface area contributed by atoms with E-state index in [9.17, 15) is 4.79 Å². The fraction of sp³-hybridized carbons (Fsp3) is 0.917. The predicted octanol–water partition coefficient (Wildman–Crippen LogP) is 1.50. The van der Waals surface area contributed by atoms with Gasteiger partial charge in [-0.3, -0.25) is 4.79 Å². The van der Waals surface area contributed by atoms with Crippen molar-refractivity contribution in [1.29, 1.82) is 0 Å². The van der Waals surface area contributed by atoms with Crippen LogP contribution in [-0.4, -0.2) is 44.3 Å². The SMILES string of the molecule is CCOC(=O)C[C@@H](C[C@H]1COC(C)(C)O1)OC. The number of hydrogen-bond donors (Lipinski definition) is 0. The van der Waals surface area contributed by atoms with E-state index in [0.29, 0.717) is 19.6 Å². The smallest absolute Gasteiger partial charge is 0.308 e. The lowest BCUT2D eigenvalue weighted by Crippen LogP contribution is -2.27. The number of esters is 1. The molecule has 0 N–H and O–H groups in total. The van der Waals surface area contributed by atoms with E-state index in [-0.39, 0.29) is 24.6 Å². The van der Waals surface area contributed by atoms with Crippen LogP contribution in [0.4, 0.5) is 0 Å². The van der Waals surface area contributed by atoms with Crippen LogP contribution in [0.1, 0.15) is 33.6 Å². The first-order valence-electron chi connectivity index (χ1n) is 5.97. The zero-order chi connectivity index (χ0) is 12.9. The third-order valence-corrected chi connectivity index (χ3v) is 2.63. The monoisotopic (exact) mass is 246 g/mol. The zero-order valence-corrected chi connectivity index (χ0v) is 11.0. The molecule has 0 aromatic carbocycles. The van der Waals surface area contributed by atoms with Crippen LogP contribution in [0.25, 0.3) is 0 Å². The van der Waals surface area contributed by atoms with Gasteiger partial charge in [0.05, 0.1) is 31.8 Å². The Bertz CT molecular complexity index is 251. The van der Waals surface area contributed by atoms with Crippen molar-refractivity contribution in [3.63, 3.8) is 0 Å². The molecule has 0 saturated carbocycles. The van der Waals surface area contributed by atoms with E-state index in [2.05, 4.69) is 0 Å². The van der Waals surface area contributed by atoms with Gasteiger partial charge in [-0.1, -0.05) is 0 Å². The third kappa shape index (κ3) is 5.02. The van der Waals surface area contributed by atoms with E-state index in [1.165, 1.54) is 0 Å². The van der Waals surface area contributed by atoms with E-state index in [0.717, 1.165) is 0 Å². The van der Waals surface area contributed by atoms with E-state index in [1.807, 2.05) is 13.8 Å². The zero-order valence-electron chi connectivity index (χ0n) is 11.0. The summed E-state index contributed by atoms with van der Waals surface area (Å²) >= 11 is 0. The third-order valence-electron chi connectivity index (χ3n) is 2.63. The Morgan fingerprint density at radius 3 is 2.71 bits per heavy atom. The normalized spacial score (nSPS) is 24.6. The van der Waals surface area contributed by atoms with Gasteiger partial charge >= 0.3 is 5.97 Å². The fourth-order valence-electron chi connectivity index (χ4n) is 1.84. The fourth-order valence-corrected chi connectivity index (χ4v) is 1.84. The first-order valence-corrected chi connectivity index (χ1v) is 5.97. The molecule has 1 aliphatic rings. The van der Waals surface area contributed by atoms with Crippen LogP contribution in [0.2, 0.25) is 0 Å². The molecule has 5 nitrogen and oxygen atoms in total. The van der Waals surface area contributed by atoms with Crippen molar-refractivity contribution in [1.82, 2.24) is 0 Å². The summed E-state index contributed by atoms with van der Waals surface area (Å²) in [5.41, 5.74) is 0. The largest absolute Gasteiger partial charge is 0.466 e. The summed E-state index contributed by atoms with van der Waals surface area (Å²) in [7, 11) is 1.59. The van der Waals surface area contributed by atoms with Crippen LogP contribution < -0.4 is 0 Å². The summed E-state index contributed by atoms with van der Waals surface area (Å²) in [6, 6.07) is 0. The van der Waals surface area contributed by atoms with Gasteiger partial charge in [-0.05, 0) is 20.8 Å². The van der Waals surface area contributed by atoms with Crippen molar-refractivity contribution >= 4 is 5.97 Å². The Hall–Kier alpha value is -0.650. The molecule has 1 saturated heterocycles. The lowest BCUT2D eigenvalue weighted by Gasteiger charge is -2.20. The Labute approximate surface area is 102 Å². The lowest BCUT2D eigenvalue weighted by molar-refractivity contribution is -0.149. The highest BCUT2D eigenvalue weighted by atomic mass is 16.7. The van der Waals surface area contributed by atoms with Crippen LogP contribution in [0.15, 0.2) is 0 Å². The number of carbonyl (C=O) groups excluding carboxylic acids is 1. The van der Waals surface area contributed by atoms with Crippen LogP contribution in [0, 0.1) is 0 Å². The molecule has 0 radical (unpaired) electrons. The highest BCUT2D eigenvalue weighted by Crippen LogP contribution is 2.25. The van der Waals surface area contributed by atoms with Crippen LogP contribution in [-0.2, 0) is 23.7 Å². The number of carbonyl (C=O) groups is 1. The molecule has 0 spiro atoms. The quantitative estimate of drug-likeness (QED) is 0.665. The van der Waals surface area contributed by atoms with Gasteiger partial charge in [0.15, 0.2) is 5.79 Å². The van der Waals surface area contributed by atoms with Gasteiger partial charge in [0.1, 0.15) is 0 Å². The minimum absolute atomic E-state index is 0.0237. The van der Waals surface area contributed by atoms with Gasteiger partial charge in [-0.25, -0.2) is 0 Å². The molecular weight excluding hydrogens is 224 g/mol. The van der Waals surface area contributed by atoms with Crippen molar-refractivity contribution in [2.45, 2.75) is 51.6 Å². The first kappa shape index (κ1) is 14.4. The highest BCUT2D eigenvalue weighted by molar-refractivity contribution is 5.69. The van der Waals surface area contributed by atoms with Crippen molar-refractivity contribution < 1.29 is 23.7 Å². The molecule has 0 aliphatic carbocycles. The van der Waals surface area contributed by atoms with E-state index < -0.39 is 5.79 Å². The van der Waals surface area contributed by atoms with Gasteiger partial charge in [0, 0.05) is 13.5 Å². The number of rotatable bonds is 6. The minimum atomic E-state index is -0.535. The van der Waals surface area contributed by atoms with Crippen LogP contribution in [0.3, 0.4) is 0 Å². The van der Waals surface area contributed by atoms with Gasteiger partial charge in [-0.2, -0.15) is 0 Å². The highest BCUT2D eigenvalue weighted by Gasteiger charge is 2.34. The Morgan fingerprint density at radius 1 is 1.53 bits per heavy atom. The van der Waals surface area contributed by atoms with E-state index in [1.54, 1.807) is 14.0 Å². The van der Waals surface area contributed by atoms with Gasteiger partial charge < -0.3 is 18.9 Å². The average molecular weight is 246 g/mol. The van der Waals surface area contributed by atoms with Crippen LogP contribution >= 0.6 is 0 Å². The summed E-state index contributed by atoms with van der Waals surface area (Å²) < 4.78 is 21.3. The number of hydrogen-bond acceptors (Lipinski definition) is 5. The second-order valence-electron chi connectivity index (χ2n) is 4.55. The molecule has 1 aliphatic heterocycles. The Kier molecular flexibility index (Phi) is 5.36. The molecular formula is C12H22O5. The lowest BCUT2D eigenvalue weighted by atomic mass is 10.1. The molecule has 1 heterocycles. The minimum Gasteiger partial charge on any atom is -0.466 e. The van der Waals surface area contributed by atoms with Crippen molar-refractivity contribution in [3.05, 3.63) is 0 Å². The second kappa shape index (κ2) is 6.33. The number of methoxy groups -OCH3 is 1. The van der Waals surface area contributed by atoms with E-state index >= 15 is 0 Å². The maximum absolute atomic E-state index is 11.3. The summed E-state index contributed by atoms with van der Waals surface area (Å²) in [6.45, 7) is 6.47. The standard InChI is InChI=1S/C12H22O5/c1-5-15-11(13)7-9(14-4)6-10-8-16-12(2,3)17-10/h9-10H,5-8H2,1-4H3/t9-,10+/m1/s1. The molecule has 5 heteroatoms. The molecule has 17 heavy (non-hydrogen) atoms. The maximum Gasteiger partial charge on any atom is 0.308 e. The number of ether oxygens (including phenoxy) is 4. The molecule has 1 rings (SSSR count). The summed E-state index contributed by atoms with van der Waals surface area (Å²) in [5.74, 6) is -0.773.